The van der Waals surface area contributed by atoms with Crippen LogP contribution in [0.25, 0.3) is 0 Å². The number of piperazine rings is 1. The number of rotatable bonds is 5. The van der Waals surface area contributed by atoms with Crippen LogP contribution in [0.4, 0.5) is 0 Å². The molecule has 1 heterocycles. The quantitative estimate of drug-likeness (QED) is 0.866. The summed E-state index contributed by atoms with van der Waals surface area (Å²) in [5.41, 5.74) is 1.32. The molecule has 5 nitrogen and oxygen atoms in total. The molecule has 1 amide bonds. The Morgan fingerprint density at radius 2 is 2.05 bits per heavy atom. The van der Waals surface area contributed by atoms with Crippen LogP contribution in [0.3, 0.4) is 0 Å². The Balaban J connectivity index is 2.08. The summed E-state index contributed by atoms with van der Waals surface area (Å²) in [6, 6.07) is 6.76. The third-order valence-electron chi connectivity index (χ3n) is 3.72. The van der Waals surface area contributed by atoms with Crippen molar-refractivity contribution in [2.75, 3.05) is 13.1 Å². The predicted molar refractivity (Wildman–Crippen MR) is 80.1 cm³/mol. The van der Waals surface area contributed by atoms with Gasteiger partial charge in [-0.3, -0.25) is 9.69 Å². The van der Waals surface area contributed by atoms with Gasteiger partial charge in [-0.05, 0) is 30.0 Å². The summed E-state index contributed by atoms with van der Waals surface area (Å²) in [5.74, 6) is -0.371. The Morgan fingerprint density at radius 1 is 1.38 bits per heavy atom. The van der Waals surface area contributed by atoms with Crippen LogP contribution >= 0.6 is 0 Å². The summed E-state index contributed by atoms with van der Waals surface area (Å²) in [6.07, 6.45) is 0.832. The Bertz CT molecular complexity index is 511. The van der Waals surface area contributed by atoms with Crippen LogP contribution < -0.4 is 5.32 Å². The second-order valence-electron chi connectivity index (χ2n) is 5.91. The minimum Gasteiger partial charge on any atom is -0.478 e. The van der Waals surface area contributed by atoms with Gasteiger partial charge in [-0.25, -0.2) is 4.79 Å². The highest BCUT2D eigenvalue weighted by molar-refractivity contribution is 5.87. The van der Waals surface area contributed by atoms with E-state index in [0.717, 1.165) is 18.5 Å². The Hall–Kier alpha value is -1.88. The molecular weight excluding hydrogens is 268 g/mol. The summed E-state index contributed by atoms with van der Waals surface area (Å²) in [5, 5.41) is 11.8. The van der Waals surface area contributed by atoms with Crippen LogP contribution in [0.15, 0.2) is 24.3 Å². The molecule has 1 unspecified atom stereocenters. The zero-order valence-electron chi connectivity index (χ0n) is 12.5. The number of nitrogens with zero attached hydrogens (tertiary/aromatic N) is 1. The van der Waals surface area contributed by atoms with Crippen LogP contribution in [-0.2, 0) is 11.3 Å². The van der Waals surface area contributed by atoms with Gasteiger partial charge in [0.1, 0.15) is 0 Å². The minimum atomic E-state index is -0.920. The number of carbonyl (C=O) groups is 2. The fourth-order valence-corrected chi connectivity index (χ4v) is 2.64. The van der Waals surface area contributed by atoms with Gasteiger partial charge < -0.3 is 10.4 Å². The Morgan fingerprint density at radius 3 is 2.62 bits per heavy atom. The molecule has 5 heteroatoms. The summed E-state index contributed by atoms with van der Waals surface area (Å²) >= 11 is 0. The molecule has 1 aromatic rings. The van der Waals surface area contributed by atoms with Crippen LogP contribution in [0.1, 0.15) is 36.2 Å². The maximum atomic E-state index is 12.0. The molecule has 0 spiro atoms. The summed E-state index contributed by atoms with van der Waals surface area (Å²) in [7, 11) is 0. The number of nitrogens with one attached hydrogen (secondary N) is 1. The van der Waals surface area contributed by atoms with Gasteiger partial charge in [-0.15, -0.1) is 0 Å². The molecule has 1 aliphatic heterocycles. The third kappa shape index (κ3) is 4.04. The van der Waals surface area contributed by atoms with E-state index in [2.05, 4.69) is 24.1 Å². The molecule has 0 bridgehead atoms. The number of carbonyl (C=O) groups excluding carboxylic acids is 1. The normalized spacial score (nSPS) is 19.6. The van der Waals surface area contributed by atoms with Gasteiger partial charge in [-0.2, -0.15) is 0 Å². The lowest BCUT2D eigenvalue weighted by atomic mass is 9.99. The Labute approximate surface area is 125 Å². The first kappa shape index (κ1) is 15.5. The van der Waals surface area contributed by atoms with E-state index < -0.39 is 5.97 Å². The minimum absolute atomic E-state index is 0.0945. The highest BCUT2D eigenvalue weighted by Gasteiger charge is 2.29. The molecule has 1 aliphatic rings. The first-order chi connectivity index (χ1) is 9.97. The highest BCUT2D eigenvalue weighted by atomic mass is 16.4. The summed E-state index contributed by atoms with van der Waals surface area (Å²) in [4.78, 5) is 25.1. The van der Waals surface area contributed by atoms with Crippen molar-refractivity contribution in [3.05, 3.63) is 35.4 Å². The monoisotopic (exact) mass is 290 g/mol. The van der Waals surface area contributed by atoms with E-state index in [4.69, 9.17) is 5.11 Å². The molecule has 114 valence electrons. The lowest BCUT2D eigenvalue weighted by Gasteiger charge is -2.36. The molecule has 0 aliphatic carbocycles. The van der Waals surface area contributed by atoms with Crippen LogP contribution in [0.5, 0.6) is 0 Å². The Kier molecular flexibility index (Phi) is 4.96. The van der Waals surface area contributed by atoms with Crippen molar-refractivity contribution in [3.8, 4) is 0 Å². The van der Waals surface area contributed by atoms with Crippen molar-refractivity contribution < 1.29 is 14.7 Å². The fourth-order valence-electron chi connectivity index (χ4n) is 2.64. The summed E-state index contributed by atoms with van der Waals surface area (Å²) < 4.78 is 0. The van der Waals surface area contributed by atoms with Gasteiger partial charge in [0.25, 0.3) is 0 Å². The lowest BCUT2D eigenvalue weighted by molar-refractivity contribution is -0.130. The molecule has 1 atom stereocenters. The van der Waals surface area contributed by atoms with E-state index in [9.17, 15) is 9.59 Å². The average Bonchev–Trinajstić information content (AvgIpc) is 2.43. The van der Waals surface area contributed by atoms with Crippen molar-refractivity contribution in [2.24, 2.45) is 5.92 Å². The number of benzene rings is 1. The van der Waals surface area contributed by atoms with Crippen LogP contribution in [0, 0.1) is 5.92 Å². The van der Waals surface area contributed by atoms with Gasteiger partial charge in [0.2, 0.25) is 5.91 Å². The number of hydrogen-bond donors (Lipinski definition) is 2. The molecule has 1 fully saturated rings. The highest BCUT2D eigenvalue weighted by Crippen LogP contribution is 2.17. The molecule has 2 rings (SSSR count). The maximum absolute atomic E-state index is 12.0. The molecule has 0 aromatic heterocycles. The van der Waals surface area contributed by atoms with E-state index in [1.165, 1.54) is 0 Å². The van der Waals surface area contributed by atoms with Gasteiger partial charge >= 0.3 is 5.97 Å². The second-order valence-corrected chi connectivity index (χ2v) is 5.91. The molecule has 0 radical (unpaired) electrons. The van der Waals surface area contributed by atoms with Crippen molar-refractivity contribution in [3.63, 3.8) is 0 Å². The largest absolute Gasteiger partial charge is 0.478 e. The van der Waals surface area contributed by atoms with Gasteiger partial charge in [0.15, 0.2) is 0 Å². The number of hydrogen-bond acceptors (Lipinski definition) is 3. The first-order valence-corrected chi connectivity index (χ1v) is 7.31. The third-order valence-corrected chi connectivity index (χ3v) is 3.72. The predicted octanol–water partition coefficient (Wildman–Crippen LogP) is 1.73. The van der Waals surface area contributed by atoms with E-state index in [1.807, 2.05) is 12.1 Å². The van der Waals surface area contributed by atoms with E-state index in [1.54, 1.807) is 12.1 Å². The van der Waals surface area contributed by atoms with Gasteiger partial charge in [0.05, 0.1) is 11.6 Å². The first-order valence-electron chi connectivity index (χ1n) is 7.31. The SMILES string of the molecule is CC(C)CC1C(=O)NCCN1Cc1ccc(C(=O)O)cc1. The molecular formula is C16H22N2O3. The molecule has 1 saturated heterocycles. The van der Waals surface area contributed by atoms with Crippen LogP contribution in [-0.4, -0.2) is 41.0 Å². The van der Waals surface area contributed by atoms with E-state index >= 15 is 0 Å². The fraction of sp³-hybridized carbons (Fsp3) is 0.500. The zero-order chi connectivity index (χ0) is 15.4. The molecule has 21 heavy (non-hydrogen) atoms. The van der Waals surface area contributed by atoms with Crippen molar-refractivity contribution >= 4 is 11.9 Å². The molecule has 2 N–H and O–H groups in total. The summed E-state index contributed by atoms with van der Waals surface area (Å²) in [6.45, 7) is 6.39. The number of carboxylic acids is 1. The van der Waals surface area contributed by atoms with Crippen molar-refractivity contribution in [1.82, 2.24) is 10.2 Å². The van der Waals surface area contributed by atoms with Gasteiger partial charge in [-0.1, -0.05) is 26.0 Å². The number of amides is 1. The average molecular weight is 290 g/mol. The smallest absolute Gasteiger partial charge is 0.335 e. The standard InChI is InChI=1S/C16H22N2O3/c1-11(2)9-14-15(19)17-7-8-18(14)10-12-3-5-13(6-4-12)16(20)21/h3-6,11,14H,7-10H2,1-2H3,(H,17,19)(H,20,21). The zero-order valence-corrected chi connectivity index (χ0v) is 12.5. The second kappa shape index (κ2) is 6.72. The molecule has 0 saturated carbocycles. The number of carboxylic acid groups (broad SMARTS) is 1. The molecule has 1 aromatic carbocycles. The topological polar surface area (TPSA) is 69.6 Å². The van der Waals surface area contributed by atoms with Crippen molar-refractivity contribution in [1.29, 1.82) is 0 Å². The maximum Gasteiger partial charge on any atom is 0.335 e. The van der Waals surface area contributed by atoms with Crippen molar-refractivity contribution in [2.45, 2.75) is 32.9 Å². The number of aromatic carboxylic acids is 1. The lowest BCUT2D eigenvalue weighted by Crippen LogP contribution is -2.55. The van der Waals surface area contributed by atoms with Gasteiger partial charge in [0, 0.05) is 19.6 Å². The van der Waals surface area contributed by atoms with E-state index in [-0.39, 0.29) is 17.5 Å². The van der Waals surface area contributed by atoms with Crippen LogP contribution in [0.2, 0.25) is 0 Å². The van der Waals surface area contributed by atoms with E-state index in [0.29, 0.717) is 19.0 Å².